The molecule has 0 unspecified atom stereocenters. The van der Waals surface area contributed by atoms with Crippen LogP contribution >= 0.6 is 12.6 Å². The Hall–Kier alpha value is -1.37. The third kappa shape index (κ3) is 4.87. The summed E-state index contributed by atoms with van der Waals surface area (Å²) in [6, 6.07) is 3.80. The van der Waals surface area contributed by atoms with Crippen LogP contribution in [0, 0.1) is 0 Å². The molecule has 100 valence electrons. The highest BCUT2D eigenvalue weighted by Gasteiger charge is 2.32. The van der Waals surface area contributed by atoms with Gasteiger partial charge in [-0.05, 0) is 25.1 Å². The smallest absolute Gasteiger partial charge is 0.466 e. The van der Waals surface area contributed by atoms with Crippen LogP contribution in [0.1, 0.15) is 12.5 Å². The highest BCUT2D eigenvalue weighted by atomic mass is 32.1. The lowest BCUT2D eigenvalue weighted by atomic mass is 10.1. The van der Waals surface area contributed by atoms with Crippen LogP contribution in [0.15, 0.2) is 23.1 Å². The Kier molecular flexibility index (Phi) is 4.89. The number of hydrogen-bond donors (Lipinski definition) is 1. The first-order chi connectivity index (χ1) is 8.31. The Morgan fingerprint density at radius 3 is 2.61 bits per heavy atom. The lowest BCUT2D eigenvalue weighted by Crippen LogP contribution is -2.19. The van der Waals surface area contributed by atoms with E-state index in [9.17, 15) is 18.0 Å². The fourth-order valence-corrected chi connectivity index (χ4v) is 1.53. The summed E-state index contributed by atoms with van der Waals surface area (Å²) < 4.78 is 44.9. The molecule has 1 aromatic carbocycles. The fraction of sp³-hybridized carbons (Fsp3) is 0.364. The van der Waals surface area contributed by atoms with Crippen molar-refractivity contribution in [2.24, 2.45) is 0 Å². The first kappa shape index (κ1) is 14.7. The van der Waals surface area contributed by atoms with Gasteiger partial charge in [-0.25, -0.2) is 0 Å². The number of halogens is 3. The number of esters is 1. The van der Waals surface area contributed by atoms with E-state index in [4.69, 9.17) is 0 Å². The summed E-state index contributed by atoms with van der Waals surface area (Å²) in [6.07, 6.45) is -5.10. The summed E-state index contributed by atoms with van der Waals surface area (Å²) in [5.74, 6) is -1.04. The summed E-state index contributed by atoms with van der Waals surface area (Å²) in [6.45, 7) is 1.77. The second kappa shape index (κ2) is 5.99. The first-order valence-corrected chi connectivity index (χ1v) is 5.50. The number of carbonyl (C=O) groups excluding carboxylic acids is 1. The molecule has 0 saturated heterocycles. The van der Waals surface area contributed by atoms with Crippen molar-refractivity contribution in [1.29, 1.82) is 0 Å². The van der Waals surface area contributed by atoms with Crippen LogP contribution in [-0.4, -0.2) is 18.9 Å². The van der Waals surface area contributed by atoms with Crippen molar-refractivity contribution in [2.75, 3.05) is 6.61 Å². The second-order valence-corrected chi connectivity index (χ2v) is 3.84. The third-order valence-electron chi connectivity index (χ3n) is 1.91. The Labute approximate surface area is 107 Å². The molecular weight excluding hydrogens is 269 g/mol. The number of benzene rings is 1. The monoisotopic (exact) mass is 280 g/mol. The Bertz CT molecular complexity index is 432. The van der Waals surface area contributed by atoms with E-state index in [1.165, 1.54) is 12.1 Å². The molecule has 0 aliphatic rings. The van der Waals surface area contributed by atoms with Crippen LogP contribution in [0.3, 0.4) is 0 Å². The van der Waals surface area contributed by atoms with Crippen molar-refractivity contribution in [1.82, 2.24) is 0 Å². The van der Waals surface area contributed by atoms with Crippen molar-refractivity contribution in [2.45, 2.75) is 24.6 Å². The van der Waals surface area contributed by atoms with Gasteiger partial charge in [0.2, 0.25) is 0 Å². The molecule has 0 fully saturated rings. The topological polar surface area (TPSA) is 35.5 Å². The minimum Gasteiger partial charge on any atom is -0.466 e. The molecule has 0 heterocycles. The van der Waals surface area contributed by atoms with Gasteiger partial charge in [0.15, 0.2) is 0 Å². The maximum Gasteiger partial charge on any atom is 0.573 e. The predicted molar refractivity (Wildman–Crippen MR) is 60.7 cm³/mol. The molecule has 1 rings (SSSR count). The average molecular weight is 280 g/mol. The predicted octanol–water partition coefficient (Wildman–Crippen LogP) is 2.98. The second-order valence-electron chi connectivity index (χ2n) is 3.32. The highest BCUT2D eigenvalue weighted by molar-refractivity contribution is 7.80. The Morgan fingerprint density at radius 2 is 2.06 bits per heavy atom. The number of thiol groups is 1. The minimum atomic E-state index is -4.80. The molecule has 18 heavy (non-hydrogen) atoms. The largest absolute Gasteiger partial charge is 0.573 e. The van der Waals surface area contributed by atoms with Gasteiger partial charge in [-0.1, -0.05) is 0 Å². The number of ether oxygens (including phenoxy) is 2. The van der Waals surface area contributed by atoms with Crippen LogP contribution in [0.4, 0.5) is 13.2 Å². The summed E-state index contributed by atoms with van der Waals surface area (Å²) in [5.41, 5.74) is 0.0817. The zero-order chi connectivity index (χ0) is 13.8. The molecule has 0 spiro atoms. The van der Waals surface area contributed by atoms with Gasteiger partial charge in [0.1, 0.15) is 5.75 Å². The van der Waals surface area contributed by atoms with Gasteiger partial charge in [-0.3, -0.25) is 4.79 Å². The van der Waals surface area contributed by atoms with Gasteiger partial charge in [0.25, 0.3) is 0 Å². The third-order valence-corrected chi connectivity index (χ3v) is 2.19. The van der Waals surface area contributed by atoms with Crippen molar-refractivity contribution in [3.63, 3.8) is 0 Å². The van der Waals surface area contributed by atoms with Crippen LogP contribution < -0.4 is 4.74 Å². The molecule has 0 atom stereocenters. The first-order valence-electron chi connectivity index (χ1n) is 5.05. The van der Waals surface area contributed by atoms with E-state index in [0.29, 0.717) is 4.90 Å². The molecule has 0 aromatic heterocycles. The summed E-state index contributed by atoms with van der Waals surface area (Å²) in [4.78, 5) is 11.7. The lowest BCUT2D eigenvalue weighted by Gasteiger charge is -2.13. The van der Waals surface area contributed by atoms with Crippen molar-refractivity contribution in [3.8, 4) is 5.75 Å². The lowest BCUT2D eigenvalue weighted by molar-refractivity contribution is -0.275. The van der Waals surface area contributed by atoms with Crippen LogP contribution in [-0.2, 0) is 16.0 Å². The molecule has 7 heteroatoms. The SMILES string of the molecule is CCOC(=O)Cc1cc(S)ccc1OC(F)(F)F. The molecule has 0 aliphatic heterocycles. The molecule has 1 aromatic rings. The van der Waals surface area contributed by atoms with Gasteiger partial charge < -0.3 is 9.47 Å². The average Bonchev–Trinajstić information content (AvgIpc) is 2.20. The molecular formula is C11H11F3O3S. The summed E-state index contributed by atoms with van der Waals surface area (Å²) in [7, 11) is 0. The molecule has 0 N–H and O–H groups in total. The maximum absolute atomic E-state index is 12.1. The van der Waals surface area contributed by atoms with Crippen LogP contribution in [0.5, 0.6) is 5.75 Å². The zero-order valence-corrected chi connectivity index (χ0v) is 10.3. The number of carbonyl (C=O) groups is 1. The highest BCUT2D eigenvalue weighted by Crippen LogP contribution is 2.28. The number of alkyl halides is 3. The van der Waals surface area contributed by atoms with E-state index in [2.05, 4.69) is 22.1 Å². The van der Waals surface area contributed by atoms with Gasteiger partial charge in [0.05, 0.1) is 13.0 Å². The quantitative estimate of drug-likeness (QED) is 0.680. The Balaban J connectivity index is 2.93. The van der Waals surface area contributed by atoms with E-state index in [1.807, 2.05) is 0 Å². The van der Waals surface area contributed by atoms with E-state index < -0.39 is 18.1 Å². The van der Waals surface area contributed by atoms with Gasteiger partial charge >= 0.3 is 12.3 Å². The molecule has 0 bridgehead atoms. The van der Waals surface area contributed by atoms with Crippen molar-refractivity contribution >= 4 is 18.6 Å². The standard InChI is InChI=1S/C11H11F3O3S/c1-2-16-10(15)6-7-5-8(18)3-4-9(7)17-11(12,13)14/h3-5,18H,2,6H2,1H3. The van der Waals surface area contributed by atoms with E-state index >= 15 is 0 Å². The van der Waals surface area contributed by atoms with E-state index in [-0.39, 0.29) is 18.6 Å². The van der Waals surface area contributed by atoms with Crippen molar-refractivity contribution < 1.29 is 27.4 Å². The Morgan fingerprint density at radius 1 is 1.39 bits per heavy atom. The van der Waals surface area contributed by atoms with Crippen molar-refractivity contribution in [3.05, 3.63) is 23.8 Å². The summed E-state index contributed by atoms with van der Waals surface area (Å²) in [5, 5.41) is 0. The van der Waals surface area contributed by atoms with Crippen LogP contribution in [0.2, 0.25) is 0 Å². The normalized spacial score (nSPS) is 11.2. The molecule has 0 radical (unpaired) electrons. The van der Waals surface area contributed by atoms with E-state index in [1.54, 1.807) is 6.92 Å². The maximum atomic E-state index is 12.1. The fourth-order valence-electron chi connectivity index (χ4n) is 1.30. The molecule has 3 nitrogen and oxygen atoms in total. The molecule has 0 amide bonds. The minimum absolute atomic E-state index is 0.0817. The summed E-state index contributed by atoms with van der Waals surface area (Å²) >= 11 is 4.00. The number of rotatable bonds is 4. The molecule has 0 saturated carbocycles. The zero-order valence-electron chi connectivity index (χ0n) is 9.45. The van der Waals surface area contributed by atoms with Gasteiger partial charge in [-0.15, -0.1) is 25.8 Å². The van der Waals surface area contributed by atoms with Gasteiger partial charge in [-0.2, -0.15) is 0 Å². The van der Waals surface area contributed by atoms with E-state index in [0.717, 1.165) is 6.07 Å². The number of hydrogen-bond acceptors (Lipinski definition) is 4. The van der Waals surface area contributed by atoms with Gasteiger partial charge in [0, 0.05) is 10.5 Å². The molecule has 0 aliphatic carbocycles. The van der Waals surface area contributed by atoms with Crippen LogP contribution in [0.25, 0.3) is 0 Å².